The molecular weight excluding hydrogens is 476 g/mol. The molecule has 9 heteroatoms. The molecule has 0 saturated carbocycles. The molecule has 1 unspecified atom stereocenters. The largest absolute Gasteiger partial charge is 0.330 e. The molecule has 194 valence electrons. The molecule has 0 radical (unpaired) electrons. The van der Waals surface area contributed by atoms with E-state index >= 15 is 0 Å². The van der Waals surface area contributed by atoms with Crippen LogP contribution < -0.4 is 5.69 Å². The molecule has 0 aliphatic carbocycles. The standard InChI is InChI=1S/C27H36N4O4S/c1-18-14-20(15-19(2)32)9-12-24(18)36(34,35)30-13-7-8-21(16-30)22-10-11-23-25(28-22)29(6)26(33)31(23)17-27(3,4)5/h9-12,14,21H,7-8,13,15-17H2,1-6H3. The van der Waals surface area contributed by atoms with Crippen molar-refractivity contribution < 1.29 is 13.2 Å². The molecule has 1 aliphatic rings. The zero-order valence-corrected chi connectivity index (χ0v) is 22.9. The van der Waals surface area contributed by atoms with E-state index in [0.29, 0.717) is 37.3 Å². The molecule has 4 rings (SSSR count). The Morgan fingerprint density at radius 3 is 2.53 bits per heavy atom. The number of nitrogens with zero attached hydrogens (tertiary/aromatic N) is 4. The monoisotopic (exact) mass is 512 g/mol. The molecule has 1 saturated heterocycles. The molecule has 1 aromatic carbocycles. The Kier molecular flexibility index (Phi) is 7.00. The number of Topliss-reactive ketones (excluding diaryl/α,β-unsaturated/α-hetero) is 1. The fraction of sp³-hybridized carbons (Fsp3) is 0.519. The molecular formula is C27H36N4O4S. The van der Waals surface area contributed by atoms with Crippen LogP contribution >= 0.6 is 0 Å². The van der Waals surface area contributed by atoms with Gasteiger partial charge in [-0.1, -0.05) is 32.9 Å². The van der Waals surface area contributed by atoms with E-state index in [2.05, 4.69) is 20.8 Å². The lowest BCUT2D eigenvalue weighted by atomic mass is 9.95. The number of piperidine rings is 1. The summed E-state index contributed by atoms with van der Waals surface area (Å²) in [4.78, 5) is 29.5. The number of benzene rings is 1. The van der Waals surface area contributed by atoms with Crippen LogP contribution in [0.25, 0.3) is 11.2 Å². The zero-order valence-electron chi connectivity index (χ0n) is 22.0. The van der Waals surface area contributed by atoms with Crippen LogP contribution in [0.3, 0.4) is 0 Å². The maximum Gasteiger partial charge on any atom is 0.330 e. The molecule has 2 aromatic heterocycles. The van der Waals surface area contributed by atoms with Gasteiger partial charge in [-0.25, -0.2) is 18.2 Å². The van der Waals surface area contributed by atoms with Gasteiger partial charge in [0.25, 0.3) is 0 Å². The zero-order chi connectivity index (χ0) is 26.4. The SMILES string of the molecule is CC(=O)Cc1ccc(S(=O)(=O)N2CCCC(c3ccc4c(n3)n(C)c(=O)n4CC(C)(C)C)C2)c(C)c1. The van der Waals surface area contributed by atoms with E-state index in [1.165, 1.54) is 6.92 Å². The highest BCUT2D eigenvalue weighted by Crippen LogP contribution is 2.31. The van der Waals surface area contributed by atoms with Gasteiger partial charge in [-0.3, -0.25) is 13.9 Å². The number of carbonyl (C=O) groups is 1. The summed E-state index contributed by atoms with van der Waals surface area (Å²) in [7, 11) is -1.96. The summed E-state index contributed by atoms with van der Waals surface area (Å²) in [6, 6.07) is 9.00. The number of hydrogen-bond donors (Lipinski definition) is 0. The van der Waals surface area contributed by atoms with E-state index in [1.54, 1.807) is 45.6 Å². The summed E-state index contributed by atoms with van der Waals surface area (Å²) in [6.07, 6.45) is 1.85. The molecule has 0 amide bonds. The summed E-state index contributed by atoms with van der Waals surface area (Å²) in [6.45, 7) is 11.0. The number of sulfonamides is 1. The Morgan fingerprint density at radius 2 is 1.89 bits per heavy atom. The average molecular weight is 513 g/mol. The average Bonchev–Trinajstić information content (AvgIpc) is 3.02. The number of imidazole rings is 1. The Morgan fingerprint density at radius 1 is 1.17 bits per heavy atom. The lowest BCUT2D eigenvalue weighted by Crippen LogP contribution is -2.39. The van der Waals surface area contributed by atoms with Crippen molar-refractivity contribution in [1.29, 1.82) is 0 Å². The third-order valence-corrected chi connectivity index (χ3v) is 8.77. The highest BCUT2D eigenvalue weighted by Gasteiger charge is 2.33. The molecule has 0 bridgehead atoms. The van der Waals surface area contributed by atoms with Gasteiger partial charge < -0.3 is 0 Å². The minimum absolute atomic E-state index is 0.0413. The summed E-state index contributed by atoms with van der Waals surface area (Å²) >= 11 is 0. The van der Waals surface area contributed by atoms with Crippen molar-refractivity contribution in [1.82, 2.24) is 18.4 Å². The summed E-state index contributed by atoms with van der Waals surface area (Å²) < 4.78 is 32.0. The molecule has 1 aliphatic heterocycles. The first-order valence-corrected chi connectivity index (χ1v) is 13.9. The summed E-state index contributed by atoms with van der Waals surface area (Å²) in [5, 5.41) is 0. The van der Waals surface area contributed by atoms with Gasteiger partial charge in [0.2, 0.25) is 10.0 Å². The number of hydrogen-bond acceptors (Lipinski definition) is 5. The number of ketones is 1. The maximum absolute atomic E-state index is 13.6. The van der Waals surface area contributed by atoms with Gasteiger partial charge >= 0.3 is 5.69 Å². The Labute approximate surface area is 213 Å². The number of aryl methyl sites for hydroxylation is 2. The molecule has 0 N–H and O–H groups in total. The van der Waals surface area contributed by atoms with Gasteiger partial charge in [-0.15, -0.1) is 0 Å². The molecule has 1 atom stereocenters. The van der Waals surface area contributed by atoms with Crippen molar-refractivity contribution in [3.05, 3.63) is 57.6 Å². The predicted octanol–water partition coefficient (Wildman–Crippen LogP) is 3.79. The summed E-state index contributed by atoms with van der Waals surface area (Å²) in [5.74, 6) is -0.0177. The lowest BCUT2D eigenvalue weighted by Gasteiger charge is -2.32. The highest BCUT2D eigenvalue weighted by atomic mass is 32.2. The minimum atomic E-state index is -3.69. The van der Waals surface area contributed by atoms with Crippen molar-refractivity contribution in [3.63, 3.8) is 0 Å². The molecule has 8 nitrogen and oxygen atoms in total. The van der Waals surface area contributed by atoms with Gasteiger partial charge in [-0.05, 0) is 61.4 Å². The van der Waals surface area contributed by atoms with E-state index in [4.69, 9.17) is 4.98 Å². The van der Waals surface area contributed by atoms with Crippen molar-refractivity contribution in [3.8, 4) is 0 Å². The molecule has 1 fully saturated rings. The second kappa shape index (κ2) is 9.59. The number of fused-ring (bicyclic) bond motifs is 1. The normalized spacial score (nSPS) is 17.6. The van der Waals surface area contributed by atoms with Gasteiger partial charge in [0.1, 0.15) is 5.78 Å². The van der Waals surface area contributed by atoms with E-state index in [-0.39, 0.29) is 27.7 Å². The first-order chi connectivity index (χ1) is 16.8. The van der Waals surface area contributed by atoms with Crippen LogP contribution in [0, 0.1) is 12.3 Å². The second-order valence-corrected chi connectivity index (χ2v) is 13.2. The van der Waals surface area contributed by atoms with E-state index < -0.39 is 10.0 Å². The Balaban J connectivity index is 1.62. The first-order valence-electron chi connectivity index (χ1n) is 12.4. The van der Waals surface area contributed by atoms with E-state index in [1.807, 2.05) is 12.1 Å². The van der Waals surface area contributed by atoms with Gasteiger partial charge in [0.05, 0.1) is 10.4 Å². The summed E-state index contributed by atoms with van der Waals surface area (Å²) in [5.41, 5.74) is 3.53. The lowest BCUT2D eigenvalue weighted by molar-refractivity contribution is -0.116. The molecule has 3 aromatic rings. The van der Waals surface area contributed by atoms with Crippen LogP contribution in [0.15, 0.2) is 40.0 Å². The second-order valence-electron chi connectivity index (χ2n) is 11.2. The van der Waals surface area contributed by atoms with Gasteiger partial charge in [-0.2, -0.15) is 4.31 Å². The minimum Gasteiger partial charge on any atom is -0.300 e. The number of rotatable bonds is 6. The van der Waals surface area contributed by atoms with Crippen molar-refractivity contribution in [2.24, 2.45) is 12.5 Å². The third kappa shape index (κ3) is 5.18. The quantitative estimate of drug-likeness (QED) is 0.501. The van der Waals surface area contributed by atoms with Crippen LogP contribution in [0.1, 0.15) is 63.3 Å². The Hall–Kier alpha value is -2.78. The van der Waals surface area contributed by atoms with Crippen LogP contribution in [0.4, 0.5) is 0 Å². The number of pyridine rings is 1. The predicted molar refractivity (Wildman–Crippen MR) is 141 cm³/mol. The molecule has 3 heterocycles. The van der Waals surface area contributed by atoms with Crippen LogP contribution in [-0.2, 0) is 34.8 Å². The van der Waals surface area contributed by atoms with Gasteiger partial charge in [0, 0.05) is 44.7 Å². The van der Waals surface area contributed by atoms with Gasteiger partial charge in [0.15, 0.2) is 5.65 Å². The fourth-order valence-corrected chi connectivity index (χ4v) is 6.81. The maximum atomic E-state index is 13.6. The first kappa shape index (κ1) is 26.3. The topological polar surface area (TPSA) is 94.3 Å². The van der Waals surface area contributed by atoms with E-state index in [9.17, 15) is 18.0 Å². The number of carbonyl (C=O) groups excluding carboxylic acids is 1. The third-order valence-electron chi connectivity index (χ3n) is 6.75. The highest BCUT2D eigenvalue weighted by molar-refractivity contribution is 7.89. The van der Waals surface area contributed by atoms with Crippen LogP contribution in [0.2, 0.25) is 0 Å². The smallest absolute Gasteiger partial charge is 0.300 e. The van der Waals surface area contributed by atoms with E-state index in [0.717, 1.165) is 29.6 Å². The van der Waals surface area contributed by atoms with Crippen molar-refractivity contribution in [2.45, 2.75) is 71.2 Å². The van der Waals surface area contributed by atoms with Crippen LogP contribution in [0.5, 0.6) is 0 Å². The number of aromatic nitrogens is 3. The van der Waals surface area contributed by atoms with Crippen molar-refractivity contribution >= 4 is 27.0 Å². The van der Waals surface area contributed by atoms with Crippen molar-refractivity contribution in [2.75, 3.05) is 13.1 Å². The molecule has 36 heavy (non-hydrogen) atoms. The fourth-order valence-electron chi connectivity index (χ4n) is 5.08. The Bertz CT molecular complexity index is 1480. The van der Waals surface area contributed by atoms with Crippen LogP contribution in [-0.4, -0.2) is 45.7 Å². The molecule has 0 spiro atoms.